The van der Waals surface area contributed by atoms with Gasteiger partial charge in [-0.05, 0) is 52.2 Å². The first kappa shape index (κ1) is 17.2. The van der Waals surface area contributed by atoms with Gasteiger partial charge in [-0.3, -0.25) is 4.79 Å². The van der Waals surface area contributed by atoms with Gasteiger partial charge in [-0.2, -0.15) is 0 Å². The molecule has 1 unspecified atom stereocenters. The third kappa shape index (κ3) is 7.48. The fourth-order valence-corrected chi connectivity index (χ4v) is 1.74. The van der Waals surface area contributed by atoms with Crippen LogP contribution < -0.4 is 10.1 Å². The van der Waals surface area contributed by atoms with E-state index in [-0.39, 0.29) is 12.5 Å². The number of aliphatic hydroxyl groups excluding tert-OH is 1. The fraction of sp³-hybridized carbons (Fsp3) is 0.438. The molecule has 0 heterocycles. The summed E-state index contributed by atoms with van der Waals surface area (Å²) in [5, 5.41) is 12.5. The van der Waals surface area contributed by atoms with Crippen LogP contribution in [0.15, 0.2) is 35.9 Å². The van der Waals surface area contributed by atoms with Crippen LogP contribution in [0.4, 0.5) is 5.69 Å². The van der Waals surface area contributed by atoms with E-state index in [0.717, 1.165) is 5.57 Å². The molecule has 5 nitrogen and oxygen atoms in total. The molecule has 0 spiro atoms. The maximum atomic E-state index is 11.6. The first-order valence-electron chi connectivity index (χ1n) is 6.88. The summed E-state index contributed by atoms with van der Waals surface area (Å²) in [6, 6.07) is 7.07. The molecule has 1 aromatic carbocycles. The van der Waals surface area contributed by atoms with Crippen molar-refractivity contribution in [2.24, 2.45) is 0 Å². The number of carbonyl (C=O) groups is 1. The highest BCUT2D eigenvalue weighted by Gasteiger charge is 2.06. The Morgan fingerprint density at radius 3 is 2.48 bits per heavy atom. The molecule has 0 bridgehead atoms. The van der Waals surface area contributed by atoms with E-state index in [2.05, 4.69) is 5.32 Å². The van der Waals surface area contributed by atoms with Crippen LogP contribution in [0.1, 0.15) is 13.8 Å². The number of rotatable bonds is 7. The second kappa shape index (κ2) is 8.44. The molecule has 1 amide bonds. The first-order chi connectivity index (χ1) is 9.86. The van der Waals surface area contributed by atoms with Crippen molar-refractivity contribution in [1.29, 1.82) is 0 Å². The van der Waals surface area contributed by atoms with Crippen molar-refractivity contribution in [3.05, 3.63) is 35.9 Å². The zero-order valence-corrected chi connectivity index (χ0v) is 13.1. The van der Waals surface area contributed by atoms with Crippen LogP contribution in [0.2, 0.25) is 0 Å². The molecule has 0 aliphatic heterocycles. The van der Waals surface area contributed by atoms with E-state index in [9.17, 15) is 9.90 Å². The molecule has 2 N–H and O–H groups in total. The minimum absolute atomic E-state index is 0.148. The van der Waals surface area contributed by atoms with Crippen LogP contribution >= 0.6 is 0 Å². The highest BCUT2D eigenvalue weighted by Crippen LogP contribution is 2.16. The van der Waals surface area contributed by atoms with Crippen LogP contribution in [0.3, 0.4) is 0 Å². The second-order valence-corrected chi connectivity index (χ2v) is 5.46. The Hall–Kier alpha value is -1.85. The van der Waals surface area contributed by atoms with Crippen LogP contribution in [0.25, 0.3) is 0 Å². The topological polar surface area (TPSA) is 61.8 Å². The van der Waals surface area contributed by atoms with E-state index >= 15 is 0 Å². The molecule has 0 aliphatic rings. The van der Waals surface area contributed by atoms with Crippen molar-refractivity contribution in [2.75, 3.05) is 32.6 Å². The van der Waals surface area contributed by atoms with E-state index in [1.54, 1.807) is 30.3 Å². The summed E-state index contributed by atoms with van der Waals surface area (Å²) in [6.45, 7) is 4.53. The number of anilines is 1. The summed E-state index contributed by atoms with van der Waals surface area (Å²) in [4.78, 5) is 13.5. The number of benzene rings is 1. The smallest absolute Gasteiger partial charge is 0.248 e. The number of nitrogens with zero attached hydrogens (tertiary/aromatic N) is 1. The zero-order valence-electron chi connectivity index (χ0n) is 13.1. The average molecular weight is 292 g/mol. The third-order valence-electron chi connectivity index (χ3n) is 2.56. The minimum Gasteiger partial charge on any atom is -0.491 e. The summed E-state index contributed by atoms with van der Waals surface area (Å²) < 4.78 is 5.49. The van der Waals surface area contributed by atoms with Gasteiger partial charge in [-0.25, -0.2) is 0 Å². The molecule has 116 valence electrons. The van der Waals surface area contributed by atoms with Gasteiger partial charge in [0.25, 0.3) is 0 Å². The van der Waals surface area contributed by atoms with Gasteiger partial charge >= 0.3 is 0 Å². The van der Waals surface area contributed by atoms with Gasteiger partial charge in [0, 0.05) is 18.3 Å². The minimum atomic E-state index is -0.531. The molecule has 0 saturated heterocycles. The lowest BCUT2D eigenvalue weighted by Gasteiger charge is -2.16. The van der Waals surface area contributed by atoms with Crippen molar-refractivity contribution in [3.63, 3.8) is 0 Å². The molecule has 0 aromatic heterocycles. The molecular weight excluding hydrogens is 268 g/mol. The molecule has 0 aliphatic carbocycles. The van der Waals surface area contributed by atoms with Crippen LogP contribution in [0.5, 0.6) is 5.75 Å². The molecule has 5 heteroatoms. The number of nitrogens with one attached hydrogen (secondary N) is 1. The number of hydrogen-bond acceptors (Lipinski definition) is 4. The molecule has 1 atom stereocenters. The number of hydrogen-bond donors (Lipinski definition) is 2. The molecule has 0 radical (unpaired) electrons. The molecule has 1 rings (SSSR count). The van der Waals surface area contributed by atoms with Crippen molar-refractivity contribution < 1.29 is 14.6 Å². The first-order valence-corrected chi connectivity index (χ1v) is 6.88. The lowest BCUT2D eigenvalue weighted by atomic mass is 10.2. The number of ether oxygens (including phenoxy) is 1. The second-order valence-electron chi connectivity index (χ2n) is 5.46. The van der Waals surface area contributed by atoms with Gasteiger partial charge < -0.3 is 20.1 Å². The van der Waals surface area contributed by atoms with Crippen molar-refractivity contribution >= 4 is 11.6 Å². The largest absolute Gasteiger partial charge is 0.491 e. The zero-order chi connectivity index (χ0) is 15.8. The lowest BCUT2D eigenvalue weighted by Crippen LogP contribution is -2.30. The van der Waals surface area contributed by atoms with Gasteiger partial charge in [0.1, 0.15) is 18.5 Å². The SMILES string of the molecule is CC(C)=CC(=O)Nc1ccc(OCC(O)CN(C)C)cc1. The van der Waals surface area contributed by atoms with Crippen LogP contribution in [0, 0.1) is 0 Å². The summed E-state index contributed by atoms with van der Waals surface area (Å²) in [5.41, 5.74) is 1.65. The lowest BCUT2D eigenvalue weighted by molar-refractivity contribution is -0.111. The van der Waals surface area contributed by atoms with Crippen molar-refractivity contribution in [2.45, 2.75) is 20.0 Å². The number of carbonyl (C=O) groups excluding carboxylic acids is 1. The van der Waals surface area contributed by atoms with Crippen molar-refractivity contribution in [1.82, 2.24) is 4.90 Å². The molecular formula is C16H24N2O3. The Labute approximate surface area is 126 Å². The van der Waals surface area contributed by atoms with Crippen LogP contribution in [-0.4, -0.2) is 49.3 Å². The monoisotopic (exact) mass is 292 g/mol. The summed E-state index contributed by atoms with van der Waals surface area (Å²) in [6.07, 6.45) is 1.01. The number of amides is 1. The van der Waals surface area contributed by atoms with E-state index in [0.29, 0.717) is 18.0 Å². The number of aliphatic hydroxyl groups is 1. The van der Waals surface area contributed by atoms with Gasteiger partial charge in [-0.15, -0.1) is 0 Å². The van der Waals surface area contributed by atoms with Crippen LogP contribution in [-0.2, 0) is 4.79 Å². The molecule has 21 heavy (non-hydrogen) atoms. The molecule has 0 fully saturated rings. The fourth-order valence-electron chi connectivity index (χ4n) is 1.74. The highest BCUT2D eigenvalue weighted by atomic mass is 16.5. The van der Waals surface area contributed by atoms with Gasteiger partial charge in [0.05, 0.1) is 0 Å². The summed E-state index contributed by atoms with van der Waals surface area (Å²) in [7, 11) is 3.79. The van der Waals surface area contributed by atoms with E-state index < -0.39 is 6.10 Å². The van der Waals surface area contributed by atoms with Gasteiger partial charge in [0.2, 0.25) is 5.91 Å². The van der Waals surface area contributed by atoms with Crippen molar-refractivity contribution in [3.8, 4) is 5.75 Å². The van der Waals surface area contributed by atoms with E-state index in [1.165, 1.54) is 0 Å². The Morgan fingerprint density at radius 1 is 1.33 bits per heavy atom. The predicted octanol–water partition coefficient (Wildman–Crippen LogP) is 1.89. The number of allylic oxidation sites excluding steroid dienone is 1. The average Bonchev–Trinajstić information content (AvgIpc) is 2.36. The number of likely N-dealkylation sites (N-methyl/N-ethyl adjacent to an activating group) is 1. The maximum absolute atomic E-state index is 11.6. The van der Waals surface area contributed by atoms with E-state index in [4.69, 9.17) is 4.74 Å². The third-order valence-corrected chi connectivity index (χ3v) is 2.56. The maximum Gasteiger partial charge on any atom is 0.248 e. The predicted molar refractivity (Wildman–Crippen MR) is 84.6 cm³/mol. The Balaban J connectivity index is 2.47. The Morgan fingerprint density at radius 2 is 1.95 bits per heavy atom. The Kier molecular flexibility index (Phi) is 6.91. The standard InChI is InChI=1S/C16H24N2O3/c1-12(2)9-16(20)17-13-5-7-15(8-6-13)21-11-14(19)10-18(3)4/h5-9,14,19H,10-11H2,1-4H3,(H,17,20). The molecule has 0 saturated carbocycles. The Bertz CT molecular complexity index is 477. The normalized spacial score (nSPS) is 11.9. The summed E-state index contributed by atoms with van der Waals surface area (Å²) in [5.74, 6) is 0.512. The van der Waals surface area contributed by atoms with E-state index in [1.807, 2.05) is 32.8 Å². The van der Waals surface area contributed by atoms with Gasteiger partial charge in [0.15, 0.2) is 0 Å². The summed E-state index contributed by atoms with van der Waals surface area (Å²) >= 11 is 0. The quantitative estimate of drug-likeness (QED) is 0.753. The highest BCUT2D eigenvalue weighted by molar-refractivity contribution is 5.99. The van der Waals surface area contributed by atoms with Gasteiger partial charge in [-0.1, -0.05) is 5.57 Å². The molecule has 1 aromatic rings.